The van der Waals surface area contributed by atoms with E-state index in [1.165, 1.54) is 0 Å². The lowest BCUT2D eigenvalue weighted by Crippen LogP contribution is -2.31. The zero-order chi connectivity index (χ0) is 17.9. The van der Waals surface area contributed by atoms with Gasteiger partial charge in [-0.15, -0.1) is 0 Å². The van der Waals surface area contributed by atoms with Crippen LogP contribution in [0.2, 0.25) is 0 Å². The second kappa shape index (κ2) is 7.30. The third-order valence-electron chi connectivity index (χ3n) is 4.96. The minimum Gasteiger partial charge on any atom is -0.461 e. The summed E-state index contributed by atoms with van der Waals surface area (Å²) in [6.45, 7) is 1.21. The number of amides is 1. The lowest BCUT2D eigenvalue weighted by Gasteiger charge is -2.23. The van der Waals surface area contributed by atoms with Gasteiger partial charge in [0.25, 0.3) is 0 Å². The summed E-state index contributed by atoms with van der Waals surface area (Å²) in [6.07, 6.45) is 5.91. The minimum absolute atomic E-state index is 0.0102. The molecule has 1 aliphatic heterocycles. The van der Waals surface area contributed by atoms with E-state index < -0.39 is 0 Å². The highest BCUT2D eigenvalue weighted by Crippen LogP contribution is 2.34. The van der Waals surface area contributed by atoms with Crippen LogP contribution in [0.15, 0.2) is 53.2 Å². The van der Waals surface area contributed by atoms with E-state index in [2.05, 4.69) is 4.98 Å². The fourth-order valence-corrected chi connectivity index (χ4v) is 3.74. The predicted octanol–water partition coefficient (Wildman–Crippen LogP) is 3.88. The Labute approximate surface area is 152 Å². The Hall–Kier alpha value is -2.66. The van der Waals surface area contributed by atoms with Gasteiger partial charge in [-0.3, -0.25) is 9.78 Å². The first kappa shape index (κ1) is 16.8. The van der Waals surface area contributed by atoms with Crippen LogP contribution in [0.5, 0.6) is 0 Å². The van der Waals surface area contributed by atoms with Crippen LogP contribution in [-0.2, 0) is 22.6 Å². The molecule has 5 heteroatoms. The number of hydrogen-bond donors (Lipinski definition) is 0. The second-order valence-electron chi connectivity index (χ2n) is 6.68. The van der Waals surface area contributed by atoms with Crippen molar-refractivity contribution in [2.24, 2.45) is 0 Å². The Morgan fingerprint density at radius 1 is 1.27 bits per heavy atom. The van der Waals surface area contributed by atoms with Crippen molar-refractivity contribution < 1.29 is 13.9 Å². The summed E-state index contributed by atoms with van der Waals surface area (Å²) in [7, 11) is 1.64. The van der Waals surface area contributed by atoms with Crippen molar-refractivity contribution in [3.05, 3.63) is 65.9 Å². The molecule has 1 saturated heterocycles. The Morgan fingerprint density at radius 2 is 2.15 bits per heavy atom. The Morgan fingerprint density at radius 3 is 3.04 bits per heavy atom. The molecule has 134 valence electrons. The van der Waals surface area contributed by atoms with E-state index >= 15 is 0 Å². The second-order valence-corrected chi connectivity index (χ2v) is 6.68. The van der Waals surface area contributed by atoms with Crippen LogP contribution in [0.3, 0.4) is 0 Å². The fraction of sp³-hybridized carbons (Fsp3) is 0.333. The van der Waals surface area contributed by atoms with Gasteiger partial charge in [-0.1, -0.05) is 24.3 Å². The molecule has 0 radical (unpaired) electrons. The van der Waals surface area contributed by atoms with Gasteiger partial charge in [0.05, 0.1) is 12.5 Å². The molecule has 3 aromatic rings. The van der Waals surface area contributed by atoms with Crippen molar-refractivity contribution in [1.82, 2.24) is 9.88 Å². The van der Waals surface area contributed by atoms with Crippen LogP contribution in [0.25, 0.3) is 10.8 Å². The number of fused-ring (bicyclic) bond motifs is 1. The molecule has 1 unspecified atom stereocenters. The first-order valence-corrected chi connectivity index (χ1v) is 8.95. The van der Waals surface area contributed by atoms with Gasteiger partial charge in [0.2, 0.25) is 5.91 Å². The number of aromatic nitrogens is 1. The fourth-order valence-electron chi connectivity index (χ4n) is 3.74. The number of methoxy groups -OCH3 is 1. The molecule has 0 saturated carbocycles. The van der Waals surface area contributed by atoms with E-state index in [1.54, 1.807) is 13.3 Å². The van der Waals surface area contributed by atoms with E-state index in [-0.39, 0.29) is 11.9 Å². The molecular formula is C21H22N2O3. The highest BCUT2D eigenvalue weighted by molar-refractivity contribution is 5.89. The van der Waals surface area contributed by atoms with Crippen molar-refractivity contribution in [3.8, 4) is 0 Å². The molecule has 1 aromatic carbocycles. The number of carbonyl (C=O) groups is 1. The summed E-state index contributed by atoms with van der Waals surface area (Å²) in [4.78, 5) is 19.2. The van der Waals surface area contributed by atoms with Gasteiger partial charge in [0.1, 0.15) is 18.1 Å². The largest absolute Gasteiger partial charge is 0.461 e. The van der Waals surface area contributed by atoms with E-state index in [9.17, 15) is 4.79 Å². The van der Waals surface area contributed by atoms with E-state index in [1.807, 2.05) is 47.5 Å². The maximum atomic E-state index is 13.0. The normalized spacial score (nSPS) is 17.1. The predicted molar refractivity (Wildman–Crippen MR) is 98.6 cm³/mol. The molecule has 4 rings (SSSR count). The molecule has 1 amide bonds. The van der Waals surface area contributed by atoms with Crippen LogP contribution in [0.1, 0.15) is 36.0 Å². The van der Waals surface area contributed by atoms with Gasteiger partial charge in [0.15, 0.2) is 0 Å². The zero-order valence-corrected chi connectivity index (χ0v) is 14.9. The lowest BCUT2D eigenvalue weighted by molar-refractivity contribution is -0.131. The van der Waals surface area contributed by atoms with Crippen LogP contribution < -0.4 is 0 Å². The molecule has 26 heavy (non-hydrogen) atoms. The van der Waals surface area contributed by atoms with Gasteiger partial charge in [-0.25, -0.2) is 0 Å². The van der Waals surface area contributed by atoms with Gasteiger partial charge in [-0.2, -0.15) is 0 Å². The summed E-state index contributed by atoms with van der Waals surface area (Å²) < 4.78 is 11.0. The van der Waals surface area contributed by atoms with Crippen LogP contribution in [0.4, 0.5) is 0 Å². The van der Waals surface area contributed by atoms with E-state index in [4.69, 9.17) is 9.15 Å². The molecule has 2 aromatic heterocycles. The molecule has 1 fully saturated rings. The highest BCUT2D eigenvalue weighted by Gasteiger charge is 2.32. The van der Waals surface area contributed by atoms with Crippen molar-refractivity contribution in [2.75, 3.05) is 13.7 Å². The number of ether oxygens (including phenoxy) is 1. The van der Waals surface area contributed by atoms with Crippen LogP contribution in [0, 0.1) is 0 Å². The topological polar surface area (TPSA) is 55.6 Å². The standard InChI is InChI=1S/C21H22N2O3/c1-25-14-17-8-9-20(26-17)19-7-4-10-23(19)21(24)11-16-13-22-12-15-5-2-3-6-18(15)16/h2-3,5-6,8-9,12-13,19H,4,7,10-11,14H2,1H3. The maximum Gasteiger partial charge on any atom is 0.227 e. The summed E-state index contributed by atoms with van der Waals surface area (Å²) in [5.74, 6) is 1.76. The molecule has 0 N–H and O–H groups in total. The molecule has 1 aliphatic rings. The van der Waals surface area contributed by atoms with Crippen molar-refractivity contribution in [2.45, 2.75) is 31.9 Å². The van der Waals surface area contributed by atoms with Gasteiger partial charge in [-0.05, 0) is 35.9 Å². The Balaban J connectivity index is 1.54. The van der Waals surface area contributed by atoms with E-state index in [0.29, 0.717) is 13.0 Å². The highest BCUT2D eigenvalue weighted by atomic mass is 16.5. The lowest BCUT2D eigenvalue weighted by atomic mass is 10.0. The minimum atomic E-state index is 0.0102. The summed E-state index contributed by atoms with van der Waals surface area (Å²) in [5, 5.41) is 2.15. The van der Waals surface area contributed by atoms with Crippen molar-refractivity contribution in [1.29, 1.82) is 0 Å². The van der Waals surface area contributed by atoms with Crippen LogP contribution in [-0.4, -0.2) is 29.4 Å². The summed E-state index contributed by atoms with van der Waals surface area (Å²) >= 11 is 0. The molecular weight excluding hydrogens is 328 g/mol. The van der Waals surface area contributed by atoms with Crippen molar-refractivity contribution in [3.63, 3.8) is 0 Å². The zero-order valence-electron chi connectivity index (χ0n) is 14.9. The molecule has 0 bridgehead atoms. The monoisotopic (exact) mass is 350 g/mol. The van der Waals surface area contributed by atoms with E-state index in [0.717, 1.165) is 47.2 Å². The number of nitrogens with zero attached hydrogens (tertiary/aromatic N) is 2. The first-order valence-electron chi connectivity index (χ1n) is 8.95. The first-order chi connectivity index (χ1) is 12.8. The quantitative estimate of drug-likeness (QED) is 0.701. The van der Waals surface area contributed by atoms with Crippen LogP contribution >= 0.6 is 0 Å². The number of likely N-dealkylation sites (tertiary alicyclic amines) is 1. The smallest absolute Gasteiger partial charge is 0.227 e. The van der Waals surface area contributed by atoms with Gasteiger partial charge >= 0.3 is 0 Å². The summed E-state index contributed by atoms with van der Waals surface area (Å²) in [5.41, 5.74) is 0.971. The number of furan rings is 1. The third-order valence-corrected chi connectivity index (χ3v) is 4.96. The Kier molecular flexibility index (Phi) is 4.71. The van der Waals surface area contributed by atoms with Gasteiger partial charge in [0, 0.05) is 31.4 Å². The number of benzene rings is 1. The number of hydrogen-bond acceptors (Lipinski definition) is 4. The summed E-state index contributed by atoms with van der Waals surface area (Å²) in [6, 6.07) is 11.9. The molecule has 0 aliphatic carbocycles. The van der Waals surface area contributed by atoms with Gasteiger partial charge < -0.3 is 14.1 Å². The maximum absolute atomic E-state index is 13.0. The molecule has 0 spiro atoms. The average Bonchev–Trinajstić information content (AvgIpc) is 3.31. The number of carbonyl (C=O) groups excluding carboxylic acids is 1. The van der Waals surface area contributed by atoms with Crippen molar-refractivity contribution >= 4 is 16.7 Å². The third kappa shape index (κ3) is 3.22. The number of rotatable bonds is 5. The molecule has 3 heterocycles. The average molecular weight is 350 g/mol. The molecule has 1 atom stereocenters. The molecule has 5 nitrogen and oxygen atoms in total. The Bertz CT molecular complexity index is 913. The number of pyridine rings is 1. The SMILES string of the molecule is COCc1ccc(C2CCCN2C(=O)Cc2cncc3ccccc23)o1.